The summed E-state index contributed by atoms with van der Waals surface area (Å²) in [6.07, 6.45) is 0.734. The van der Waals surface area contributed by atoms with Crippen LogP contribution in [0, 0.1) is 0 Å². The molecule has 0 aromatic carbocycles. The average Bonchev–Trinajstić information content (AvgIpc) is 2.78. The van der Waals surface area contributed by atoms with Crippen LogP contribution < -0.4 is 44.6 Å². The van der Waals surface area contributed by atoms with E-state index in [1.165, 1.54) is 0 Å². The molecule has 0 rings (SSSR count). The first kappa shape index (κ1) is 31.5. The second kappa shape index (κ2) is 17.0. The zero-order valence-electron chi connectivity index (χ0n) is 19.4. The van der Waals surface area contributed by atoms with Gasteiger partial charge in [0, 0.05) is 6.54 Å². The number of nitrogens with two attached hydrogens (primary N) is 5. The Morgan fingerprint density at radius 1 is 0.800 bits per heavy atom. The van der Waals surface area contributed by atoms with Crippen molar-refractivity contribution in [1.82, 2.24) is 16.0 Å². The number of rotatable bonds is 18. The van der Waals surface area contributed by atoms with Crippen molar-refractivity contribution >= 4 is 35.6 Å². The number of primary amides is 1. The molecule has 0 heterocycles. The molecule has 0 spiro atoms. The first-order valence-electron chi connectivity index (χ1n) is 11.0. The SMILES string of the molecule is NCCCCC(NC(=O)C(CCCN=C(N)N)NC(=O)C(CC(N)=O)NC(=O)C(N)CO)C(=O)O. The number of carboxylic acids is 1. The van der Waals surface area contributed by atoms with E-state index in [4.69, 9.17) is 33.8 Å². The molecule has 4 unspecified atom stereocenters. The van der Waals surface area contributed by atoms with Gasteiger partial charge in [-0.1, -0.05) is 0 Å². The highest BCUT2D eigenvalue weighted by molar-refractivity contribution is 5.96. The molecule has 0 aliphatic heterocycles. The second-order valence-electron chi connectivity index (χ2n) is 7.71. The van der Waals surface area contributed by atoms with Gasteiger partial charge in [0.1, 0.15) is 24.2 Å². The predicted octanol–water partition coefficient (Wildman–Crippen LogP) is -5.10. The van der Waals surface area contributed by atoms with Crippen LogP contribution >= 0.6 is 0 Å². The highest BCUT2D eigenvalue weighted by Crippen LogP contribution is 2.05. The number of unbranched alkanes of at least 4 members (excludes halogenated alkanes) is 1. The van der Waals surface area contributed by atoms with Gasteiger partial charge in [0.15, 0.2) is 5.96 Å². The van der Waals surface area contributed by atoms with E-state index < -0.39 is 66.8 Å². The Morgan fingerprint density at radius 3 is 1.86 bits per heavy atom. The van der Waals surface area contributed by atoms with Crippen molar-refractivity contribution in [3.63, 3.8) is 0 Å². The number of aliphatic carboxylic acids is 1. The average molecular weight is 504 g/mol. The topological polar surface area (TPSA) is 304 Å². The minimum atomic E-state index is -1.49. The smallest absolute Gasteiger partial charge is 0.326 e. The van der Waals surface area contributed by atoms with Gasteiger partial charge in [0.25, 0.3) is 0 Å². The Bertz CT molecular complexity index is 759. The van der Waals surface area contributed by atoms with Crippen LogP contribution in [0.15, 0.2) is 4.99 Å². The third kappa shape index (κ3) is 13.7. The highest BCUT2D eigenvalue weighted by Gasteiger charge is 2.30. The van der Waals surface area contributed by atoms with Gasteiger partial charge in [-0.05, 0) is 38.6 Å². The van der Waals surface area contributed by atoms with Crippen LogP contribution in [-0.2, 0) is 24.0 Å². The van der Waals surface area contributed by atoms with Crippen molar-refractivity contribution in [3.8, 4) is 0 Å². The molecule has 0 aromatic rings. The number of aliphatic hydroxyl groups excluding tert-OH is 1. The third-order valence-corrected chi connectivity index (χ3v) is 4.71. The van der Waals surface area contributed by atoms with E-state index in [0.717, 1.165) is 0 Å². The van der Waals surface area contributed by atoms with Crippen LogP contribution in [0.5, 0.6) is 0 Å². The molecule has 0 fully saturated rings. The van der Waals surface area contributed by atoms with Gasteiger partial charge in [-0.25, -0.2) is 4.79 Å². The van der Waals surface area contributed by atoms with Crippen LogP contribution in [0.2, 0.25) is 0 Å². The van der Waals surface area contributed by atoms with Crippen molar-refractivity contribution in [3.05, 3.63) is 0 Å². The molecule has 15 N–H and O–H groups in total. The van der Waals surface area contributed by atoms with Crippen molar-refractivity contribution in [2.24, 2.45) is 33.7 Å². The minimum absolute atomic E-state index is 0.00309. The van der Waals surface area contributed by atoms with E-state index in [0.29, 0.717) is 19.4 Å². The lowest BCUT2D eigenvalue weighted by Gasteiger charge is -2.24. The molecule has 16 nitrogen and oxygen atoms in total. The lowest BCUT2D eigenvalue weighted by atomic mass is 10.1. The van der Waals surface area contributed by atoms with Gasteiger partial charge in [-0.3, -0.25) is 24.2 Å². The lowest BCUT2D eigenvalue weighted by Crippen LogP contribution is -2.58. The fraction of sp³-hybridized carbons (Fsp3) is 0.684. The summed E-state index contributed by atoms with van der Waals surface area (Å²) in [6.45, 7) is -0.238. The summed E-state index contributed by atoms with van der Waals surface area (Å²) in [5, 5.41) is 25.4. The zero-order valence-corrected chi connectivity index (χ0v) is 19.4. The summed E-state index contributed by atoms with van der Waals surface area (Å²) in [6, 6.07) is -5.34. The summed E-state index contributed by atoms with van der Waals surface area (Å²) >= 11 is 0. The molecular weight excluding hydrogens is 466 g/mol. The number of hydrogen-bond acceptors (Lipinski definition) is 9. The standard InChI is InChI=1S/C19H37N9O7/c20-6-2-1-4-12(18(34)35)27-16(32)11(5-3-7-25-19(23)24)26-17(33)13(8-14(22)30)28-15(31)10(21)9-29/h10-13,29H,1-9,20-21H2,(H2,22,30)(H,26,33)(H,27,32)(H,28,31)(H,34,35)(H4,23,24,25). The molecule has 200 valence electrons. The Morgan fingerprint density at radius 2 is 1.34 bits per heavy atom. The van der Waals surface area contributed by atoms with Crippen LogP contribution in [-0.4, -0.2) is 89.6 Å². The maximum absolute atomic E-state index is 12.8. The van der Waals surface area contributed by atoms with Crippen molar-refractivity contribution in [1.29, 1.82) is 0 Å². The van der Waals surface area contributed by atoms with E-state index in [9.17, 15) is 29.1 Å². The Labute approximate surface area is 202 Å². The fourth-order valence-corrected chi connectivity index (χ4v) is 2.84. The normalized spacial score (nSPS) is 14.0. The summed E-state index contributed by atoms with van der Waals surface area (Å²) < 4.78 is 0. The maximum atomic E-state index is 12.8. The Kier molecular flexibility index (Phi) is 15.3. The largest absolute Gasteiger partial charge is 0.480 e. The number of carbonyl (C=O) groups excluding carboxylic acids is 4. The number of carboxylic acid groups (broad SMARTS) is 1. The number of aliphatic hydroxyl groups is 1. The quantitative estimate of drug-likeness (QED) is 0.0479. The van der Waals surface area contributed by atoms with E-state index in [1.807, 2.05) is 0 Å². The molecule has 0 bridgehead atoms. The number of carbonyl (C=O) groups is 5. The molecule has 4 atom stereocenters. The van der Waals surface area contributed by atoms with Crippen molar-refractivity contribution in [2.45, 2.75) is 62.7 Å². The van der Waals surface area contributed by atoms with Gasteiger partial charge in [-0.2, -0.15) is 0 Å². The lowest BCUT2D eigenvalue weighted by molar-refractivity contribution is -0.142. The molecule has 4 amide bonds. The predicted molar refractivity (Wildman–Crippen MR) is 125 cm³/mol. The first-order valence-corrected chi connectivity index (χ1v) is 11.0. The van der Waals surface area contributed by atoms with E-state index in [1.54, 1.807) is 0 Å². The van der Waals surface area contributed by atoms with Gasteiger partial charge in [0.2, 0.25) is 23.6 Å². The minimum Gasteiger partial charge on any atom is -0.480 e. The second-order valence-corrected chi connectivity index (χ2v) is 7.71. The number of hydrogen-bond donors (Lipinski definition) is 10. The third-order valence-electron chi connectivity index (χ3n) is 4.71. The number of nitrogens with zero attached hydrogens (tertiary/aromatic N) is 1. The number of amides is 4. The monoisotopic (exact) mass is 503 g/mol. The van der Waals surface area contributed by atoms with E-state index >= 15 is 0 Å². The van der Waals surface area contributed by atoms with Gasteiger partial charge in [-0.15, -0.1) is 0 Å². The fourth-order valence-electron chi connectivity index (χ4n) is 2.84. The van der Waals surface area contributed by atoms with Crippen LogP contribution in [0.25, 0.3) is 0 Å². The summed E-state index contributed by atoms with van der Waals surface area (Å²) in [7, 11) is 0. The molecule has 0 aliphatic rings. The maximum Gasteiger partial charge on any atom is 0.326 e. The number of guanidine groups is 1. The summed E-state index contributed by atoms with van der Waals surface area (Å²) in [4.78, 5) is 64.4. The number of aliphatic imine (C=N–C) groups is 1. The summed E-state index contributed by atoms with van der Waals surface area (Å²) in [5.41, 5.74) is 26.5. The van der Waals surface area contributed by atoms with E-state index in [-0.39, 0.29) is 31.8 Å². The highest BCUT2D eigenvalue weighted by atomic mass is 16.4. The molecular formula is C19H37N9O7. The van der Waals surface area contributed by atoms with Gasteiger partial charge in [0.05, 0.1) is 13.0 Å². The molecule has 0 saturated carbocycles. The molecule has 0 saturated heterocycles. The van der Waals surface area contributed by atoms with Crippen LogP contribution in [0.4, 0.5) is 0 Å². The van der Waals surface area contributed by atoms with Crippen molar-refractivity contribution in [2.75, 3.05) is 19.7 Å². The molecule has 0 aliphatic carbocycles. The molecule has 0 aromatic heterocycles. The number of nitrogens with one attached hydrogen (secondary N) is 3. The molecule has 35 heavy (non-hydrogen) atoms. The zero-order chi connectivity index (χ0) is 27.0. The molecule has 0 radical (unpaired) electrons. The summed E-state index contributed by atoms with van der Waals surface area (Å²) in [5.74, 6) is -5.04. The Hall–Kier alpha value is -3.50. The van der Waals surface area contributed by atoms with Gasteiger partial charge < -0.3 is 54.8 Å². The van der Waals surface area contributed by atoms with Crippen LogP contribution in [0.1, 0.15) is 38.5 Å². The van der Waals surface area contributed by atoms with Crippen molar-refractivity contribution < 1.29 is 34.2 Å². The Balaban J connectivity index is 5.57. The van der Waals surface area contributed by atoms with Gasteiger partial charge >= 0.3 is 5.97 Å². The first-order chi connectivity index (χ1) is 16.4. The molecule has 16 heteroatoms. The van der Waals surface area contributed by atoms with Crippen LogP contribution in [0.3, 0.4) is 0 Å². The van der Waals surface area contributed by atoms with E-state index in [2.05, 4.69) is 20.9 Å².